The predicted octanol–water partition coefficient (Wildman–Crippen LogP) is 2.85. The van der Waals surface area contributed by atoms with Gasteiger partial charge in [0.1, 0.15) is 0 Å². The van der Waals surface area contributed by atoms with E-state index in [0.29, 0.717) is 29.1 Å². The third-order valence-electron chi connectivity index (χ3n) is 3.11. The topological polar surface area (TPSA) is 58.2 Å². The van der Waals surface area contributed by atoms with Crippen LogP contribution >= 0.6 is 11.6 Å². The fourth-order valence-electron chi connectivity index (χ4n) is 2.28. The number of carbonyl (C=O) groups is 2. The van der Waals surface area contributed by atoms with Crippen molar-refractivity contribution in [2.24, 2.45) is 5.41 Å². The molecule has 0 saturated heterocycles. The SMILES string of the molecule is CC1(C)CC(=O)C=C(NNC(=O)c2ccccc2Cl)C1. The van der Waals surface area contributed by atoms with E-state index in [9.17, 15) is 9.59 Å². The zero-order valence-electron chi connectivity index (χ0n) is 11.5. The summed E-state index contributed by atoms with van der Waals surface area (Å²) in [6.45, 7) is 4.05. The summed E-state index contributed by atoms with van der Waals surface area (Å²) in [5.41, 5.74) is 6.40. The molecule has 0 unspecified atom stereocenters. The molecule has 1 aromatic carbocycles. The number of allylic oxidation sites excluding steroid dienone is 2. The summed E-state index contributed by atoms with van der Waals surface area (Å²) >= 11 is 5.95. The maximum Gasteiger partial charge on any atom is 0.271 e. The lowest BCUT2D eigenvalue weighted by Gasteiger charge is -2.29. The fraction of sp³-hybridized carbons (Fsp3) is 0.333. The molecule has 0 aliphatic heterocycles. The summed E-state index contributed by atoms with van der Waals surface area (Å²) in [6, 6.07) is 6.80. The Morgan fingerprint density at radius 1 is 1.25 bits per heavy atom. The van der Waals surface area contributed by atoms with Gasteiger partial charge in [-0.1, -0.05) is 37.6 Å². The van der Waals surface area contributed by atoms with Crippen molar-refractivity contribution >= 4 is 23.3 Å². The van der Waals surface area contributed by atoms with Crippen molar-refractivity contribution in [2.75, 3.05) is 0 Å². The molecule has 4 nitrogen and oxygen atoms in total. The second-order valence-electron chi connectivity index (χ2n) is 5.71. The van der Waals surface area contributed by atoms with Crippen LogP contribution < -0.4 is 10.9 Å². The lowest BCUT2D eigenvalue weighted by atomic mass is 9.79. The zero-order chi connectivity index (χ0) is 14.8. The second kappa shape index (κ2) is 5.67. The molecule has 0 radical (unpaired) electrons. The van der Waals surface area contributed by atoms with E-state index in [-0.39, 0.29) is 17.1 Å². The van der Waals surface area contributed by atoms with E-state index in [1.54, 1.807) is 24.3 Å². The van der Waals surface area contributed by atoms with Crippen LogP contribution in [0.25, 0.3) is 0 Å². The van der Waals surface area contributed by atoms with Crippen LogP contribution in [0.5, 0.6) is 0 Å². The van der Waals surface area contributed by atoms with Gasteiger partial charge in [0.05, 0.1) is 10.6 Å². The Balaban J connectivity index is 2.01. The molecular weight excluding hydrogens is 276 g/mol. The second-order valence-corrected chi connectivity index (χ2v) is 6.12. The average molecular weight is 293 g/mol. The molecule has 0 aromatic heterocycles. The van der Waals surface area contributed by atoms with Gasteiger partial charge in [0.25, 0.3) is 5.91 Å². The van der Waals surface area contributed by atoms with E-state index in [1.807, 2.05) is 13.8 Å². The van der Waals surface area contributed by atoms with Gasteiger partial charge in [-0.25, -0.2) is 0 Å². The minimum Gasteiger partial charge on any atom is -0.302 e. The molecule has 2 N–H and O–H groups in total. The Kier molecular flexibility index (Phi) is 4.14. The highest BCUT2D eigenvalue weighted by Crippen LogP contribution is 2.32. The van der Waals surface area contributed by atoms with Crippen molar-refractivity contribution in [1.29, 1.82) is 0 Å². The fourth-order valence-corrected chi connectivity index (χ4v) is 2.50. The summed E-state index contributed by atoms with van der Waals surface area (Å²) in [5.74, 6) is -0.261. The van der Waals surface area contributed by atoms with Gasteiger partial charge in [0.2, 0.25) is 0 Å². The number of hydrogen-bond acceptors (Lipinski definition) is 3. The number of benzene rings is 1. The minimum absolute atomic E-state index is 0.0655. The van der Waals surface area contributed by atoms with Crippen molar-refractivity contribution < 1.29 is 9.59 Å². The largest absolute Gasteiger partial charge is 0.302 e. The smallest absolute Gasteiger partial charge is 0.271 e. The number of halogens is 1. The van der Waals surface area contributed by atoms with Crippen molar-refractivity contribution in [3.8, 4) is 0 Å². The molecule has 5 heteroatoms. The van der Waals surface area contributed by atoms with Crippen LogP contribution in [0.15, 0.2) is 36.0 Å². The predicted molar refractivity (Wildman–Crippen MR) is 78.2 cm³/mol. The first-order chi connectivity index (χ1) is 9.37. The highest BCUT2D eigenvalue weighted by molar-refractivity contribution is 6.33. The average Bonchev–Trinajstić information content (AvgIpc) is 2.34. The Labute approximate surface area is 123 Å². The molecule has 0 atom stereocenters. The Morgan fingerprint density at radius 3 is 2.60 bits per heavy atom. The summed E-state index contributed by atoms with van der Waals surface area (Å²) < 4.78 is 0. The van der Waals surface area contributed by atoms with Gasteiger partial charge >= 0.3 is 0 Å². The molecule has 1 aromatic rings. The first kappa shape index (κ1) is 14.6. The third kappa shape index (κ3) is 3.61. The van der Waals surface area contributed by atoms with Gasteiger partial charge in [-0.05, 0) is 24.0 Å². The normalized spacial score (nSPS) is 17.4. The van der Waals surface area contributed by atoms with Crippen LogP contribution in [0.4, 0.5) is 0 Å². The lowest BCUT2D eigenvalue weighted by molar-refractivity contribution is -0.117. The number of carbonyl (C=O) groups excluding carboxylic acids is 2. The summed E-state index contributed by atoms with van der Waals surface area (Å²) in [7, 11) is 0. The summed E-state index contributed by atoms with van der Waals surface area (Å²) in [6.07, 6.45) is 2.77. The van der Waals surface area contributed by atoms with E-state index < -0.39 is 0 Å². The molecule has 0 bridgehead atoms. The van der Waals surface area contributed by atoms with Crippen LogP contribution in [0, 0.1) is 5.41 Å². The summed E-state index contributed by atoms with van der Waals surface area (Å²) in [4.78, 5) is 23.6. The van der Waals surface area contributed by atoms with Crippen LogP contribution in [-0.4, -0.2) is 11.7 Å². The number of nitrogens with one attached hydrogen (secondary N) is 2. The van der Waals surface area contributed by atoms with Crippen molar-refractivity contribution in [3.05, 3.63) is 46.6 Å². The van der Waals surface area contributed by atoms with Crippen LogP contribution in [0.2, 0.25) is 5.02 Å². The van der Waals surface area contributed by atoms with Gasteiger partial charge in [0.15, 0.2) is 5.78 Å². The number of rotatable bonds is 3. The van der Waals surface area contributed by atoms with Crippen LogP contribution in [0.1, 0.15) is 37.0 Å². The molecule has 1 aliphatic carbocycles. The van der Waals surface area contributed by atoms with E-state index in [4.69, 9.17) is 11.6 Å². The highest BCUT2D eigenvalue weighted by atomic mass is 35.5. The van der Waals surface area contributed by atoms with Crippen LogP contribution in [0.3, 0.4) is 0 Å². The van der Waals surface area contributed by atoms with Crippen molar-refractivity contribution in [3.63, 3.8) is 0 Å². The molecule has 1 amide bonds. The first-order valence-corrected chi connectivity index (χ1v) is 6.79. The standard InChI is InChI=1S/C15H17ClN2O2/c1-15(2)8-10(7-11(19)9-15)17-18-14(20)12-5-3-4-6-13(12)16/h3-7,17H,8-9H2,1-2H3,(H,18,20). The monoisotopic (exact) mass is 292 g/mol. The molecule has 0 spiro atoms. The van der Waals surface area contributed by atoms with E-state index in [2.05, 4.69) is 10.9 Å². The maximum absolute atomic E-state index is 12.0. The lowest BCUT2D eigenvalue weighted by Crippen LogP contribution is -2.39. The molecule has 0 saturated carbocycles. The number of hydrogen-bond donors (Lipinski definition) is 2. The minimum atomic E-state index is -0.327. The zero-order valence-corrected chi connectivity index (χ0v) is 12.3. The molecular formula is C15H17ClN2O2. The van der Waals surface area contributed by atoms with Crippen molar-refractivity contribution in [1.82, 2.24) is 10.9 Å². The Hall–Kier alpha value is -1.81. The van der Waals surface area contributed by atoms with Gasteiger partial charge in [-0.15, -0.1) is 0 Å². The van der Waals surface area contributed by atoms with Gasteiger partial charge in [-0.3, -0.25) is 15.0 Å². The quantitative estimate of drug-likeness (QED) is 0.842. The van der Waals surface area contributed by atoms with E-state index >= 15 is 0 Å². The van der Waals surface area contributed by atoms with Crippen LogP contribution in [-0.2, 0) is 4.79 Å². The van der Waals surface area contributed by atoms with E-state index in [0.717, 1.165) is 0 Å². The van der Waals surface area contributed by atoms with Gasteiger partial charge < -0.3 is 5.43 Å². The molecule has 106 valence electrons. The Morgan fingerprint density at radius 2 is 1.95 bits per heavy atom. The number of ketones is 1. The maximum atomic E-state index is 12.0. The first-order valence-electron chi connectivity index (χ1n) is 6.42. The molecule has 1 aliphatic rings. The van der Waals surface area contributed by atoms with Gasteiger partial charge in [0, 0.05) is 18.2 Å². The molecule has 0 heterocycles. The van der Waals surface area contributed by atoms with E-state index in [1.165, 1.54) is 6.08 Å². The molecule has 20 heavy (non-hydrogen) atoms. The van der Waals surface area contributed by atoms with Gasteiger partial charge in [-0.2, -0.15) is 0 Å². The third-order valence-corrected chi connectivity index (χ3v) is 3.44. The number of amides is 1. The molecule has 2 rings (SSSR count). The molecule has 0 fully saturated rings. The summed E-state index contributed by atoms with van der Waals surface area (Å²) in [5, 5.41) is 0.390. The van der Waals surface area contributed by atoms with Crippen molar-refractivity contribution in [2.45, 2.75) is 26.7 Å². The highest BCUT2D eigenvalue weighted by Gasteiger charge is 2.27. The number of hydrazine groups is 1. The Bertz CT molecular complexity index is 579.